The van der Waals surface area contributed by atoms with Gasteiger partial charge in [-0.05, 0) is 32.4 Å². The molecule has 0 saturated heterocycles. The Morgan fingerprint density at radius 1 is 1.13 bits per heavy atom. The number of pyridine rings is 1. The molecule has 0 aliphatic rings. The van der Waals surface area contributed by atoms with Gasteiger partial charge in [0.15, 0.2) is 6.20 Å². The molecule has 0 fully saturated rings. The van der Waals surface area contributed by atoms with E-state index in [0.29, 0.717) is 0 Å². The summed E-state index contributed by atoms with van der Waals surface area (Å²) in [5, 5.41) is 1.37. The molecule has 80 valence electrons. The molecule has 0 amide bonds. The summed E-state index contributed by atoms with van der Waals surface area (Å²) in [7, 11) is 0. The fraction of sp³-hybridized carbons (Fsp3) is 0.308. The van der Waals surface area contributed by atoms with Crippen LogP contribution in [0.5, 0.6) is 0 Å². The zero-order valence-corrected chi connectivity index (χ0v) is 11.6. The average molecular weight is 313 g/mol. The van der Waals surface area contributed by atoms with Crippen molar-refractivity contribution in [1.29, 1.82) is 0 Å². The van der Waals surface area contributed by atoms with E-state index in [1.165, 1.54) is 22.0 Å². The normalized spacial score (nSPS) is 10.1. The molecular formula is C13H16IN. The molecule has 0 N–H and O–H groups in total. The van der Waals surface area contributed by atoms with E-state index in [1.54, 1.807) is 0 Å². The lowest BCUT2D eigenvalue weighted by molar-refractivity contribution is -0.667. The van der Waals surface area contributed by atoms with Crippen molar-refractivity contribution < 1.29 is 28.5 Å². The molecule has 2 heteroatoms. The summed E-state index contributed by atoms with van der Waals surface area (Å²) < 4.78 is 2.28. The molecule has 2 aromatic rings. The van der Waals surface area contributed by atoms with E-state index >= 15 is 0 Å². The third kappa shape index (κ3) is 2.30. The number of hydrogen-bond acceptors (Lipinski definition) is 0. The highest BCUT2D eigenvalue weighted by molar-refractivity contribution is 5.79. The van der Waals surface area contributed by atoms with Gasteiger partial charge in [0.05, 0.1) is 0 Å². The maximum atomic E-state index is 2.28. The maximum absolute atomic E-state index is 2.28. The van der Waals surface area contributed by atoms with Crippen LogP contribution >= 0.6 is 0 Å². The van der Waals surface area contributed by atoms with Crippen LogP contribution in [0.2, 0.25) is 0 Å². The molecule has 1 heterocycles. The van der Waals surface area contributed by atoms with Gasteiger partial charge in [-0.3, -0.25) is 0 Å². The highest BCUT2D eigenvalue weighted by atomic mass is 127. The Labute approximate surface area is 108 Å². The van der Waals surface area contributed by atoms with Crippen LogP contribution < -0.4 is 28.5 Å². The van der Waals surface area contributed by atoms with Crippen LogP contribution in [0.4, 0.5) is 0 Å². The first-order valence-electron chi connectivity index (χ1n) is 5.12. The van der Waals surface area contributed by atoms with E-state index < -0.39 is 0 Å². The van der Waals surface area contributed by atoms with Crippen molar-refractivity contribution in [3.8, 4) is 0 Å². The van der Waals surface area contributed by atoms with E-state index in [2.05, 4.69) is 55.8 Å². The van der Waals surface area contributed by atoms with E-state index in [-0.39, 0.29) is 24.0 Å². The Kier molecular flexibility index (Phi) is 4.08. The second kappa shape index (κ2) is 4.92. The van der Waals surface area contributed by atoms with Crippen molar-refractivity contribution in [3.05, 3.63) is 41.6 Å². The Morgan fingerprint density at radius 2 is 1.87 bits per heavy atom. The molecule has 0 aliphatic heterocycles. The minimum atomic E-state index is 0. The van der Waals surface area contributed by atoms with Crippen LogP contribution in [0.3, 0.4) is 0 Å². The van der Waals surface area contributed by atoms with Gasteiger partial charge in [0.2, 0.25) is 5.52 Å². The number of aromatic nitrogens is 1. The number of fused-ring (bicyclic) bond motifs is 1. The molecule has 1 aromatic heterocycles. The molecule has 0 spiro atoms. The summed E-state index contributed by atoms with van der Waals surface area (Å²) in [6.45, 7) is 7.51. The summed E-state index contributed by atoms with van der Waals surface area (Å²) in [6, 6.07) is 8.83. The monoisotopic (exact) mass is 313 g/mol. The molecular weight excluding hydrogens is 297 g/mol. The smallest absolute Gasteiger partial charge is 0.212 e. The van der Waals surface area contributed by atoms with E-state index in [9.17, 15) is 0 Å². The minimum absolute atomic E-state index is 0. The molecule has 1 nitrogen and oxygen atoms in total. The number of benzene rings is 1. The van der Waals surface area contributed by atoms with Crippen LogP contribution in [0.15, 0.2) is 30.5 Å². The predicted octanol–water partition coefficient (Wildman–Crippen LogP) is -0.232. The first kappa shape index (κ1) is 12.4. The van der Waals surface area contributed by atoms with Crippen LogP contribution in [-0.4, -0.2) is 0 Å². The number of hydrogen-bond donors (Lipinski definition) is 0. The Balaban J connectivity index is 0.00000112. The number of aryl methyl sites for hydroxylation is 3. The Morgan fingerprint density at radius 3 is 2.53 bits per heavy atom. The fourth-order valence-electron chi connectivity index (χ4n) is 1.86. The van der Waals surface area contributed by atoms with Crippen molar-refractivity contribution >= 4 is 10.9 Å². The quantitative estimate of drug-likeness (QED) is 0.506. The zero-order chi connectivity index (χ0) is 10.1. The van der Waals surface area contributed by atoms with Gasteiger partial charge in [0.1, 0.15) is 6.54 Å². The highest BCUT2D eigenvalue weighted by Crippen LogP contribution is 2.16. The van der Waals surface area contributed by atoms with E-state index in [4.69, 9.17) is 0 Å². The Bertz CT molecular complexity index is 477. The summed E-state index contributed by atoms with van der Waals surface area (Å²) in [4.78, 5) is 0. The minimum Gasteiger partial charge on any atom is -1.00 e. The van der Waals surface area contributed by atoms with Crippen LogP contribution in [0.1, 0.15) is 18.1 Å². The summed E-state index contributed by atoms with van der Waals surface area (Å²) in [5.41, 5.74) is 4.01. The molecule has 0 aliphatic carbocycles. The van der Waals surface area contributed by atoms with E-state index in [1.807, 2.05) is 0 Å². The lowest BCUT2D eigenvalue weighted by Crippen LogP contribution is -3.00. The summed E-state index contributed by atoms with van der Waals surface area (Å²) in [5.74, 6) is 0. The van der Waals surface area contributed by atoms with Crippen LogP contribution in [-0.2, 0) is 6.54 Å². The van der Waals surface area contributed by atoms with Gasteiger partial charge < -0.3 is 24.0 Å². The van der Waals surface area contributed by atoms with Crippen molar-refractivity contribution in [2.75, 3.05) is 0 Å². The second-order valence-electron chi connectivity index (χ2n) is 3.81. The summed E-state index contributed by atoms with van der Waals surface area (Å²) in [6.07, 6.45) is 2.16. The standard InChI is InChI=1S/C13H16N.HI/c1-4-14-8-7-11(3)12-9-10(2)5-6-13(12)14;/h5-9H,4H2,1-3H3;1H/q+1;/p-1. The number of nitrogens with zero attached hydrogens (tertiary/aromatic N) is 1. The lowest BCUT2D eigenvalue weighted by Gasteiger charge is -2.02. The molecule has 0 radical (unpaired) electrons. The second-order valence-corrected chi connectivity index (χ2v) is 3.81. The van der Waals surface area contributed by atoms with Crippen molar-refractivity contribution in [2.45, 2.75) is 27.3 Å². The van der Waals surface area contributed by atoms with Crippen LogP contribution in [0.25, 0.3) is 10.9 Å². The van der Waals surface area contributed by atoms with E-state index in [0.717, 1.165) is 6.54 Å². The molecule has 0 bridgehead atoms. The third-order valence-electron chi connectivity index (χ3n) is 2.73. The van der Waals surface area contributed by atoms with Crippen LogP contribution in [0, 0.1) is 13.8 Å². The molecule has 2 rings (SSSR count). The third-order valence-corrected chi connectivity index (χ3v) is 2.73. The maximum Gasteiger partial charge on any atom is 0.212 e. The molecule has 0 saturated carbocycles. The largest absolute Gasteiger partial charge is 1.00 e. The first-order chi connectivity index (χ1) is 6.72. The van der Waals surface area contributed by atoms with Crippen molar-refractivity contribution in [1.82, 2.24) is 0 Å². The van der Waals surface area contributed by atoms with Gasteiger partial charge in [0, 0.05) is 17.5 Å². The van der Waals surface area contributed by atoms with Crippen molar-refractivity contribution in [2.24, 2.45) is 0 Å². The van der Waals surface area contributed by atoms with Gasteiger partial charge in [-0.15, -0.1) is 0 Å². The first-order valence-corrected chi connectivity index (χ1v) is 5.12. The zero-order valence-electron chi connectivity index (χ0n) is 9.42. The highest BCUT2D eigenvalue weighted by Gasteiger charge is 2.08. The lowest BCUT2D eigenvalue weighted by atomic mass is 10.1. The van der Waals surface area contributed by atoms with Gasteiger partial charge in [-0.2, -0.15) is 4.57 Å². The molecule has 0 unspecified atom stereocenters. The fourth-order valence-corrected chi connectivity index (χ4v) is 1.86. The number of rotatable bonds is 1. The average Bonchev–Trinajstić information content (AvgIpc) is 2.19. The molecule has 1 aromatic carbocycles. The Hall–Kier alpha value is -0.640. The predicted molar refractivity (Wildman–Crippen MR) is 59.3 cm³/mol. The van der Waals surface area contributed by atoms with Gasteiger partial charge in [0.25, 0.3) is 0 Å². The van der Waals surface area contributed by atoms with Gasteiger partial charge in [-0.25, -0.2) is 0 Å². The SMILES string of the molecule is CC[n+]1ccc(C)c2cc(C)ccc21.[I-]. The van der Waals surface area contributed by atoms with Gasteiger partial charge >= 0.3 is 0 Å². The van der Waals surface area contributed by atoms with Crippen molar-refractivity contribution in [3.63, 3.8) is 0 Å². The topological polar surface area (TPSA) is 3.88 Å². The number of halogens is 1. The van der Waals surface area contributed by atoms with Gasteiger partial charge in [-0.1, -0.05) is 11.6 Å². The summed E-state index contributed by atoms with van der Waals surface area (Å²) >= 11 is 0. The molecule has 0 atom stereocenters. The molecule has 15 heavy (non-hydrogen) atoms.